The van der Waals surface area contributed by atoms with Gasteiger partial charge in [-0.25, -0.2) is 4.39 Å². The van der Waals surface area contributed by atoms with Gasteiger partial charge in [-0.3, -0.25) is 4.90 Å². The highest BCUT2D eigenvalue weighted by molar-refractivity contribution is 5.29. The normalized spacial score (nSPS) is 16.0. The van der Waals surface area contributed by atoms with Crippen LogP contribution in [0.3, 0.4) is 0 Å². The molecule has 0 heterocycles. The number of nitrogens with zero attached hydrogens (tertiary/aromatic N) is 1. The smallest absolute Gasteiger partial charge is 0.128 e. The van der Waals surface area contributed by atoms with E-state index in [0.717, 1.165) is 37.2 Å². The van der Waals surface area contributed by atoms with Crippen molar-refractivity contribution in [3.63, 3.8) is 0 Å². The Hall–Kier alpha value is -0.930. The van der Waals surface area contributed by atoms with Crippen LogP contribution in [-0.2, 0) is 0 Å². The molecule has 0 bridgehead atoms. The Morgan fingerprint density at radius 2 is 1.81 bits per heavy atom. The van der Waals surface area contributed by atoms with Crippen LogP contribution in [0.15, 0.2) is 18.2 Å². The van der Waals surface area contributed by atoms with Crippen LogP contribution in [-0.4, -0.2) is 30.1 Å². The van der Waals surface area contributed by atoms with Crippen molar-refractivity contribution in [3.8, 4) is 0 Å². The van der Waals surface area contributed by atoms with Crippen LogP contribution in [0.25, 0.3) is 0 Å². The van der Waals surface area contributed by atoms with Crippen LogP contribution in [0.2, 0.25) is 0 Å². The number of halogens is 1. The molecule has 0 aromatic heterocycles. The van der Waals surface area contributed by atoms with Crippen LogP contribution in [0, 0.1) is 12.7 Å². The van der Waals surface area contributed by atoms with Gasteiger partial charge in [0.25, 0.3) is 0 Å². The zero-order valence-electron chi connectivity index (χ0n) is 14.5. The summed E-state index contributed by atoms with van der Waals surface area (Å²) in [6.07, 6.45) is 0.972. The molecular weight excluding hydrogens is 263 g/mol. The van der Waals surface area contributed by atoms with Crippen LogP contribution >= 0.6 is 0 Å². The molecule has 0 aliphatic rings. The molecule has 1 aromatic rings. The third-order valence-corrected chi connectivity index (χ3v) is 4.69. The molecule has 2 atom stereocenters. The Balaban J connectivity index is 3.34. The molecule has 1 rings (SSSR count). The first-order chi connectivity index (χ1) is 9.94. The summed E-state index contributed by atoms with van der Waals surface area (Å²) in [4.78, 5) is 2.43. The molecule has 3 heteroatoms. The number of hydrogen-bond donors (Lipinski definition) is 1. The van der Waals surface area contributed by atoms with Crippen LogP contribution in [0.4, 0.5) is 4.39 Å². The fourth-order valence-electron chi connectivity index (χ4n) is 3.31. The fourth-order valence-corrected chi connectivity index (χ4v) is 3.31. The fraction of sp³-hybridized carbons (Fsp3) is 0.667. The molecule has 21 heavy (non-hydrogen) atoms. The van der Waals surface area contributed by atoms with Crippen molar-refractivity contribution < 1.29 is 4.39 Å². The second-order valence-electron chi connectivity index (χ2n) is 5.90. The maximum absolute atomic E-state index is 14.4. The van der Waals surface area contributed by atoms with Gasteiger partial charge in [0.05, 0.1) is 6.04 Å². The number of aryl methyl sites for hydroxylation is 1. The summed E-state index contributed by atoms with van der Waals surface area (Å²) in [6, 6.07) is 5.41. The van der Waals surface area contributed by atoms with Crippen LogP contribution in [0.5, 0.6) is 0 Å². The Morgan fingerprint density at radius 1 is 1.19 bits per heavy atom. The van der Waals surface area contributed by atoms with Gasteiger partial charge in [-0.05, 0) is 46.0 Å². The highest BCUT2D eigenvalue weighted by Gasteiger charge is 2.38. The monoisotopic (exact) mass is 294 g/mol. The van der Waals surface area contributed by atoms with E-state index >= 15 is 0 Å². The molecule has 0 aliphatic carbocycles. The summed E-state index contributed by atoms with van der Waals surface area (Å²) < 4.78 is 14.4. The Bertz CT molecular complexity index is 443. The number of hydrogen-bond acceptors (Lipinski definition) is 2. The molecule has 1 N–H and O–H groups in total. The first-order valence-electron chi connectivity index (χ1n) is 8.18. The van der Waals surface area contributed by atoms with Crippen molar-refractivity contribution in [2.75, 3.05) is 19.6 Å². The number of likely N-dealkylation sites (N-methyl/N-ethyl adjacent to an activating group) is 2. The van der Waals surface area contributed by atoms with Gasteiger partial charge in [-0.15, -0.1) is 0 Å². The van der Waals surface area contributed by atoms with Gasteiger partial charge in [0.2, 0.25) is 0 Å². The van der Waals surface area contributed by atoms with Crippen molar-refractivity contribution in [3.05, 3.63) is 35.1 Å². The summed E-state index contributed by atoms with van der Waals surface area (Å²) in [7, 11) is 0. The molecule has 2 nitrogen and oxygen atoms in total. The third kappa shape index (κ3) is 3.83. The van der Waals surface area contributed by atoms with E-state index in [2.05, 4.69) is 44.8 Å². The average molecular weight is 294 g/mol. The largest absolute Gasteiger partial charge is 0.309 e. The second kappa shape index (κ2) is 7.90. The number of nitrogens with one attached hydrogen (secondary N) is 1. The quantitative estimate of drug-likeness (QED) is 0.769. The van der Waals surface area contributed by atoms with E-state index in [1.165, 1.54) is 0 Å². The third-order valence-electron chi connectivity index (χ3n) is 4.69. The van der Waals surface area contributed by atoms with Gasteiger partial charge in [0.1, 0.15) is 5.82 Å². The van der Waals surface area contributed by atoms with Crippen molar-refractivity contribution in [1.29, 1.82) is 0 Å². The Kier molecular flexibility index (Phi) is 6.82. The van der Waals surface area contributed by atoms with Crippen molar-refractivity contribution >= 4 is 0 Å². The Morgan fingerprint density at radius 3 is 2.29 bits per heavy atom. The van der Waals surface area contributed by atoms with E-state index in [4.69, 9.17) is 0 Å². The lowest BCUT2D eigenvalue weighted by molar-refractivity contribution is 0.0690. The van der Waals surface area contributed by atoms with E-state index in [-0.39, 0.29) is 17.4 Å². The first-order valence-corrected chi connectivity index (χ1v) is 8.18. The molecule has 0 saturated heterocycles. The molecule has 0 radical (unpaired) electrons. The molecule has 2 unspecified atom stereocenters. The minimum absolute atomic E-state index is 0.00713. The van der Waals surface area contributed by atoms with Crippen molar-refractivity contribution in [2.45, 2.75) is 59.5 Å². The predicted octanol–water partition coefficient (Wildman–Crippen LogP) is 4.30. The van der Waals surface area contributed by atoms with E-state index < -0.39 is 0 Å². The molecule has 1 aromatic carbocycles. The zero-order chi connectivity index (χ0) is 16.0. The molecule has 0 fully saturated rings. The number of rotatable bonds is 8. The molecule has 120 valence electrons. The molecular formula is C18H31FN2. The highest BCUT2D eigenvalue weighted by atomic mass is 19.1. The maximum Gasteiger partial charge on any atom is 0.128 e. The molecule has 0 aliphatic heterocycles. The van der Waals surface area contributed by atoms with Gasteiger partial charge in [-0.2, -0.15) is 0 Å². The first kappa shape index (κ1) is 18.1. The summed E-state index contributed by atoms with van der Waals surface area (Å²) >= 11 is 0. The predicted molar refractivity (Wildman–Crippen MR) is 89.2 cm³/mol. The van der Waals surface area contributed by atoms with E-state index in [1.807, 2.05) is 19.1 Å². The molecule has 0 amide bonds. The highest BCUT2D eigenvalue weighted by Crippen LogP contribution is 2.35. The van der Waals surface area contributed by atoms with Crippen molar-refractivity contribution in [2.24, 2.45) is 0 Å². The summed E-state index contributed by atoms with van der Waals surface area (Å²) in [5, 5.41) is 3.53. The van der Waals surface area contributed by atoms with Gasteiger partial charge >= 0.3 is 0 Å². The van der Waals surface area contributed by atoms with Crippen LogP contribution in [0.1, 0.15) is 58.2 Å². The van der Waals surface area contributed by atoms with Crippen LogP contribution < -0.4 is 5.32 Å². The molecule has 0 spiro atoms. The Labute approximate surface area is 129 Å². The second-order valence-corrected chi connectivity index (χ2v) is 5.90. The average Bonchev–Trinajstić information content (AvgIpc) is 2.48. The summed E-state index contributed by atoms with van der Waals surface area (Å²) in [5.74, 6) is -0.113. The lowest BCUT2D eigenvalue weighted by Gasteiger charge is -2.46. The topological polar surface area (TPSA) is 15.3 Å². The van der Waals surface area contributed by atoms with Gasteiger partial charge in [0.15, 0.2) is 0 Å². The van der Waals surface area contributed by atoms with Crippen molar-refractivity contribution in [1.82, 2.24) is 10.2 Å². The van der Waals surface area contributed by atoms with E-state index in [9.17, 15) is 4.39 Å². The lowest BCUT2D eigenvalue weighted by Crippen LogP contribution is -2.54. The van der Waals surface area contributed by atoms with Gasteiger partial charge < -0.3 is 5.32 Å². The molecule has 0 saturated carbocycles. The van der Waals surface area contributed by atoms with Gasteiger partial charge in [0, 0.05) is 11.1 Å². The standard InChI is InChI=1S/C18H31FN2/c1-7-18(6,21(9-3)10-4)17(20-8-2)15-13-14(5)11-12-16(15)19/h11-13,17,20H,7-10H2,1-6H3. The zero-order valence-corrected chi connectivity index (χ0v) is 14.5. The maximum atomic E-state index is 14.4. The summed E-state index contributed by atoms with van der Waals surface area (Å²) in [5.41, 5.74) is 1.79. The summed E-state index contributed by atoms with van der Waals surface area (Å²) in [6.45, 7) is 15.7. The SMILES string of the molecule is CCNC(c1cc(C)ccc1F)C(C)(CC)N(CC)CC. The minimum Gasteiger partial charge on any atom is -0.309 e. The van der Waals surface area contributed by atoms with Gasteiger partial charge in [-0.1, -0.05) is 45.4 Å². The number of benzene rings is 1. The van der Waals surface area contributed by atoms with E-state index in [1.54, 1.807) is 6.07 Å². The lowest BCUT2D eigenvalue weighted by atomic mass is 9.82. The van der Waals surface area contributed by atoms with E-state index in [0.29, 0.717) is 0 Å². The minimum atomic E-state index is -0.113.